The summed E-state index contributed by atoms with van der Waals surface area (Å²) in [5.74, 6) is -0.0618. The van der Waals surface area contributed by atoms with Gasteiger partial charge in [0.2, 0.25) is 5.91 Å². The van der Waals surface area contributed by atoms with E-state index < -0.39 is 0 Å². The molecule has 1 aliphatic rings. The molecule has 0 saturated heterocycles. The number of carbonyl (C=O) groups excluding carboxylic acids is 1. The Hall–Kier alpha value is -1.62. The molecule has 1 fully saturated rings. The van der Waals surface area contributed by atoms with Crippen LogP contribution in [-0.2, 0) is 11.3 Å². The van der Waals surface area contributed by atoms with Gasteiger partial charge in [-0.1, -0.05) is 12.8 Å². The molecule has 0 aliphatic heterocycles. The number of nitrogens with one attached hydrogen (secondary N) is 2. The average molecular weight is 263 g/mol. The normalized spacial score (nSPS) is 15.6. The molecule has 2 N–H and O–H groups in total. The molecule has 5 heteroatoms. The van der Waals surface area contributed by atoms with Gasteiger partial charge in [0, 0.05) is 24.8 Å². The summed E-state index contributed by atoms with van der Waals surface area (Å²) in [6.07, 6.45) is 6.50. The van der Waals surface area contributed by atoms with E-state index >= 15 is 0 Å². The van der Waals surface area contributed by atoms with E-state index in [0.717, 1.165) is 12.8 Å². The lowest BCUT2D eigenvalue weighted by Crippen LogP contribution is -2.34. The van der Waals surface area contributed by atoms with Crippen molar-refractivity contribution in [2.24, 2.45) is 0 Å². The maximum Gasteiger partial charge on any atom is 0.250 e. The highest BCUT2D eigenvalue weighted by Crippen LogP contribution is 2.17. The monoisotopic (exact) mass is 263 g/mol. The third-order valence-electron chi connectivity index (χ3n) is 3.51. The predicted octanol–water partition coefficient (Wildman–Crippen LogP) is 1.34. The summed E-state index contributed by atoms with van der Waals surface area (Å²) in [7, 11) is 0. The van der Waals surface area contributed by atoms with Gasteiger partial charge in [0.15, 0.2) is 0 Å². The van der Waals surface area contributed by atoms with Crippen molar-refractivity contribution in [1.82, 2.24) is 9.88 Å². The zero-order chi connectivity index (χ0) is 13.7. The summed E-state index contributed by atoms with van der Waals surface area (Å²) in [5.41, 5.74) is 0.615. The van der Waals surface area contributed by atoms with Crippen molar-refractivity contribution in [3.8, 4) is 0 Å². The van der Waals surface area contributed by atoms with E-state index in [1.807, 2.05) is 6.92 Å². The van der Waals surface area contributed by atoms with Crippen LogP contribution >= 0.6 is 0 Å². The van der Waals surface area contributed by atoms with Gasteiger partial charge in [-0.05, 0) is 25.8 Å². The molecule has 104 valence electrons. The lowest BCUT2D eigenvalue weighted by Gasteiger charge is -2.12. The second-order valence-electron chi connectivity index (χ2n) is 4.95. The molecule has 1 aliphatic carbocycles. The number of hydrogen-bond donors (Lipinski definition) is 2. The average Bonchev–Trinajstić information content (AvgIpc) is 2.92. The molecule has 0 unspecified atom stereocenters. The third kappa shape index (κ3) is 3.92. The maximum absolute atomic E-state index is 11.8. The van der Waals surface area contributed by atoms with Crippen LogP contribution in [0.3, 0.4) is 0 Å². The van der Waals surface area contributed by atoms with Gasteiger partial charge in [0.25, 0.3) is 5.56 Å². The largest absolute Gasteiger partial charge is 0.324 e. The van der Waals surface area contributed by atoms with Gasteiger partial charge in [0.1, 0.15) is 0 Å². The Balaban J connectivity index is 1.85. The van der Waals surface area contributed by atoms with E-state index in [2.05, 4.69) is 10.6 Å². The molecule has 1 saturated carbocycles. The van der Waals surface area contributed by atoms with Crippen molar-refractivity contribution in [1.29, 1.82) is 0 Å². The van der Waals surface area contributed by atoms with Crippen molar-refractivity contribution >= 4 is 11.6 Å². The minimum absolute atomic E-state index is 0.0513. The smallest absolute Gasteiger partial charge is 0.250 e. The highest BCUT2D eigenvalue weighted by atomic mass is 16.2. The number of carbonyl (C=O) groups is 1. The highest BCUT2D eigenvalue weighted by Gasteiger charge is 2.15. The number of pyridine rings is 1. The van der Waals surface area contributed by atoms with Gasteiger partial charge < -0.3 is 15.2 Å². The first kappa shape index (κ1) is 13.8. The van der Waals surface area contributed by atoms with Gasteiger partial charge >= 0.3 is 0 Å². The summed E-state index contributed by atoms with van der Waals surface area (Å²) in [5, 5.41) is 6.07. The molecular formula is C14H21N3O2. The lowest BCUT2D eigenvalue weighted by atomic mass is 10.2. The van der Waals surface area contributed by atoms with Crippen molar-refractivity contribution in [3.63, 3.8) is 0 Å². The summed E-state index contributed by atoms with van der Waals surface area (Å²) in [4.78, 5) is 23.2. The first-order valence-corrected chi connectivity index (χ1v) is 6.93. The van der Waals surface area contributed by atoms with Gasteiger partial charge in [-0.25, -0.2) is 0 Å². The van der Waals surface area contributed by atoms with Crippen LogP contribution in [0, 0.1) is 0 Å². The number of anilines is 1. The molecule has 1 heterocycles. The second kappa shape index (κ2) is 6.52. The number of aryl methyl sites for hydroxylation is 1. The van der Waals surface area contributed by atoms with Crippen LogP contribution in [0.4, 0.5) is 5.69 Å². The Morgan fingerprint density at radius 1 is 1.37 bits per heavy atom. The molecule has 0 aromatic carbocycles. The lowest BCUT2D eigenvalue weighted by molar-refractivity contribution is -0.115. The molecule has 5 nitrogen and oxygen atoms in total. The predicted molar refractivity (Wildman–Crippen MR) is 75.3 cm³/mol. The van der Waals surface area contributed by atoms with E-state index in [1.54, 1.807) is 16.8 Å². The van der Waals surface area contributed by atoms with Crippen molar-refractivity contribution in [2.45, 2.75) is 45.2 Å². The Morgan fingerprint density at radius 2 is 2.11 bits per heavy atom. The molecule has 1 amide bonds. The Morgan fingerprint density at radius 3 is 2.79 bits per heavy atom. The van der Waals surface area contributed by atoms with Gasteiger partial charge in [-0.15, -0.1) is 0 Å². The summed E-state index contributed by atoms with van der Waals surface area (Å²) >= 11 is 0. The highest BCUT2D eigenvalue weighted by molar-refractivity contribution is 5.92. The topological polar surface area (TPSA) is 63.1 Å². The van der Waals surface area contributed by atoms with Crippen LogP contribution in [0.15, 0.2) is 23.1 Å². The van der Waals surface area contributed by atoms with Crippen LogP contribution in [-0.4, -0.2) is 23.1 Å². The zero-order valence-electron chi connectivity index (χ0n) is 11.3. The summed E-state index contributed by atoms with van der Waals surface area (Å²) < 4.78 is 1.57. The maximum atomic E-state index is 11.8. The molecule has 1 aromatic rings. The first-order valence-electron chi connectivity index (χ1n) is 6.93. The van der Waals surface area contributed by atoms with E-state index in [1.165, 1.54) is 18.9 Å². The number of nitrogens with zero attached hydrogens (tertiary/aromatic N) is 1. The zero-order valence-corrected chi connectivity index (χ0v) is 11.3. The van der Waals surface area contributed by atoms with E-state index in [0.29, 0.717) is 24.8 Å². The van der Waals surface area contributed by atoms with Crippen LogP contribution < -0.4 is 16.2 Å². The van der Waals surface area contributed by atoms with E-state index in [9.17, 15) is 9.59 Å². The van der Waals surface area contributed by atoms with E-state index in [-0.39, 0.29) is 11.5 Å². The SMILES string of the molecule is CCn1cc(NC(=O)CNC2CCCC2)ccc1=O. The van der Waals surface area contributed by atoms with Crippen molar-refractivity contribution in [2.75, 3.05) is 11.9 Å². The van der Waals surface area contributed by atoms with E-state index in [4.69, 9.17) is 0 Å². The molecule has 0 atom stereocenters. The number of hydrogen-bond acceptors (Lipinski definition) is 3. The molecule has 19 heavy (non-hydrogen) atoms. The number of aromatic nitrogens is 1. The minimum atomic E-state index is -0.0618. The summed E-state index contributed by atoms with van der Waals surface area (Å²) in [6.45, 7) is 2.83. The Kier molecular flexibility index (Phi) is 4.74. The van der Waals surface area contributed by atoms with Gasteiger partial charge in [0.05, 0.1) is 12.2 Å². The quantitative estimate of drug-likeness (QED) is 0.842. The molecule has 1 aromatic heterocycles. The Bertz CT molecular complexity index is 490. The first-order chi connectivity index (χ1) is 9.19. The van der Waals surface area contributed by atoms with Crippen molar-refractivity contribution in [3.05, 3.63) is 28.7 Å². The number of amides is 1. The third-order valence-corrected chi connectivity index (χ3v) is 3.51. The summed E-state index contributed by atoms with van der Waals surface area (Å²) in [6, 6.07) is 3.60. The molecule has 2 rings (SSSR count). The number of rotatable bonds is 5. The fourth-order valence-electron chi connectivity index (χ4n) is 2.42. The fourth-order valence-corrected chi connectivity index (χ4v) is 2.42. The van der Waals surface area contributed by atoms with Gasteiger partial charge in [-0.2, -0.15) is 0 Å². The van der Waals surface area contributed by atoms with Crippen molar-refractivity contribution < 1.29 is 4.79 Å². The molecule has 0 radical (unpaired) electrons. The van der Waals surface area contributed by atoms with Crippen LogP contribution in [0.2, 0.25) is 0 Å². The van der Waals surface area contributed by atoms with Gasteiger partial charge in [-0.3, -0.25) is 9.59 Å². The van der Waals surface area contributed by atoms with Crippen LogP contribution in [0.25, 0.3) is 0 Å². The van der Waals surface area contributed by atoms with Crippen LogP contribution in [0.1, 0.15) is 32.6 Å². The fraction of sp³-hybridized carbons (Fsp3) is 0.571. The van der Waals surface area contributed by atoms with Crippen LogP contribution in [0.5, 0.6) is 0 Å². The second-order valence-corrected chi connectivity index (χ2v) is 4.95. The Labute approximate surface area is 113 Å². The standard InChI is InChI=1S/C14H21N3O2/c1-2-17-10-12(7-8-14(17)19)16-13(18)9-15-11-5-3-4-6-11/h7-8,10-11,15H,2-6,9H2,1H3,(H,16,18). The molecular weight excluding hydrogens is 242 g/mol. The minimum Gasteiger partial charge on any atom is -0.324 e. The molecule has 0 bridgehead atoms. The molecule has 0 spiro atoms.